The van der Waals surface area contributed by atoms with E-state index in [4.69, 9.17) is 11.1 Å². The fourth-order valence-corrected chi connectivity index (χ4v) is 2.65. The number of carbonyl (C=O) groups excluding carboxylic acids is 1. The van der Waals surface area contributed by atoms with Crippen molar-refractivity contribution in [1.29, 1.82) is 5.41 Å². The molecule has 1 heterocycles. The summed E-state index contributed by atoms with van der Waals surface area (Å²) in [5.41, 5.74) is 5.46. The van der Waals surface area contributed by atoms with Gasteiger partial charge < -0.3 is 5.73 Å². The summed E-state index contributed by atoms with van der Waals surface area (Å²) >= 11 is 0. The summed E-state index contributed by atoms with van der Waals surface area (Å²) in [7, 11) is 0. The van der Waals surface area contributed by atoms with Crippen molar-refractivity contribution in [3.05, 3.63) is 0 Å². The molecule has 1 rings (SSSR count). The number of carbonyl (C=O) groups is 1. The molecular formula is C13H25N3O. The fraction of sp³-hybridized carbons (Fsp3) is 0.846. The maximum absolute atomic E-state index is 12.2. The van der Waals surface area contributed by atoms with Gasteiger partial charge in [-0.25, -0.2) is 0 Å². The summed E-state index contributed by atoms with van der Waals surface area (Å²) in [6.45, 7) is 9.05. The number of nitrogens with two attached hydrogens (primary N) is 1. The second-order valence-electron chi connectivity index (χ2n) is 5.69. The van der Waals surface area contributed by atoms with Crippen LogP contribution in [0, 0.1) is 17.2 Å². The topological polar surface area (TPSA) is 70.2 Å². The van der Waals surface area contributed by atoms with Crippen LogP contribution in [0.3, 0.4) is 0 Å². The summed E-state index contributed by atoms with van der Waals surface area (Å²) in [5.74, 6) is 1.00. The maximum Gasteiger partial charge on any atom is 0.152 e. The van der Waals surface area contributed by atoms with Crippen LogP contribution < -0.4 is 5.73 Å². The van der Waals surface area contributed by atoms with Gasteiger partial charge in [-0.1, -0.05) is 13.8 Å². The van der Waals surface area contributed by atoms with Gasteiger partial charge >= 0.3 is 0 Å². The van der Waals surface area contributed by atoms with Gasteiger partial charge in [-0.3, -0.25) is 15.1 Å². The number of ketones is 1. The van der Waals surface area contributed by atoms with Gasteiger partial charge in [-0.05, 0) is 26.2 Å². The van der Waals surface area contributed by atoms with Crippen molar-refractivity contribution in [3.63, 3.8) is 0 Å². The first kappa shape index (κ1) is 14.2. The number of nitrogens with zero attached hydrogens (tertiary/aromatic N) is 1. The number of likely N-dealkylation sites (tertiary alicyclic amines) is 1. The number of nitrogens with one attached hydrogen (secondary N) is 1. The molecule has 17 heavy (non-hydrogen) atoms. The van der Waals surface area contributed by atoms with E-state index in [0.717, 1.165) is 13.0 Å². The van der Waals surface area contributed by atoms with Gasteiger partial charge in [0, 0.05) is 24.9 Å². The molecule has 4 nitrogen and oxygen atoms in total. The SMILES string of the molecule is CC(C)C(=O)[C@@H]1C[C@H](CC(=N)N)CN1C(C)C. The van der Waals surface area contributed by atoms with Gasteiger partial charge in [-0.2, -0.15) is 0 Å². The normalized spacial score (nSPS) is 25.8. The van der Waals surface area contributed by atoms with Gasteiger partial charge in [0.15, 0.2) is 5.78 Å². The third-order valence-electron chi connectivity index (χ3n) is 3.50. The average Bonchev–Trinajstić information content (AvgIpc) is 2.59. The summed E-state index contributed by atoms with van der Waals surface area (Å²) in [5, 5.41) is 7.36. The molecule has 98 valence electrons. The molecule has 1 saturated heterocycles. The molecule has 0 unspecified atom stereocenters. The Morgan fingerprint density at radius 2 is 2.00 bits per heavy atom. The molecule has 0 aromatic carbocycles. The summed E-state index contributed by atoms with van der Waals surface area (Å²) < 4.78 is 0. The van der Waals surface area contributed by atoms with Crippen molar-refractivity contribution in [2.24, 2.45) is 17.6 Å². The van der Waals surface area contributed by atoms with Crippen LogP contribution in [0.15, 0.2) is 0 Å². The van der Waals surface area contributed by atoms with Crippen molar-refractivity contribution >= 4 is 11.6 Å². The Balaban J connectivity index is 2.74. The van der Waals surface area contributed by atoms with Crippen molar-refractivity contribution in [2.75, 3.05) is 6.54 Å². The Morgan fingerprint density at radius 3 is 2.41 bits per heavy atom. The lowest BCUT2D eigenvalue weighted by Gasteiger charge is -2.28. The predicted octanol–water partition coefficient (Wildman–Crippen LogP) is 1.64. The Labute approximate surface area is 104 Å². The lowest BCUT2D eigenvalue weighted by atomic mass is 9.95. The minimum absolute atomic E-state index is 0.0272. The molecule has 0 bridgehead atoms. The maximum atomic E-state index is 12.2. The predicted molar refractivity (Wildman–Crippen MR) is 70.1 cm³/mol. The second-order valence-corrected chi connectivity index (χ2v) is 5.69. The van der Waals surface area contributed by atoms with E-state index >= 15 is 0 Å². The summed E-state index contributed by atoms with van der Waals surface area (Å²) in [6.07, 6.45) is 1.47. The number of amidine groups is 1. The molecule has 1 fully saturated rings. The van der Waals surface area contributed by atoms with Gasteiger partial charge in [0.05, 0.1) is 11.9 Å². The van der Waals surface area contributed by atoms with Gasteiger partial charge in [0.25, 0.3) is 0 Å². The highest BCUT2D eigenvalue weighted by molar-refractivity contribution is 5.86. The molecule has 0 aromatic heterocycles. The molecule has 3 N–H and O–H groups in total. The molecular weight excluding hydrogens is 214 g/mol. The summed E-state index contributed by atoms with van der Waals surface area (Å²) in [4.78, 5) is 14.4. The molecule has 2 atom stereocenters. The summed E-state index contributed by atoms with van der Waals surface area (Å²) in [6, 6.07) is 0.402. The van der Waals surface area contributed by atoms with E-state index in [0.29, 0.717) is 24.2 Å². The first-order chi connectivity index (χ1) is 7.82. The lowest BCUT2D eigenvalue weighted by molar-refractivity contribution is -0.126. The van der Waals surface area contributed by atoms with Gasteiger partial charge in [0.2, 0.25) is 0 Å². The quantitative estimate of drug-likeness (QED) is 0.566. The number of hydrogen-bond acceptors (Lipinski definition) is 3. The minimum Gasteiger partial charge on any atom is -0.388 e. The highest BCUT2D eigenvalue weighted by Gasteiger charge is 2.38. The second kappa shape index (κ2) is 5.63. The molecule has 1 aliphatic heterocycles. The van der Waals surface area contributed by atoms with E-state index in [1.165, 1.54) is 0 Å². The molecule has 0 aliphatic carbocycles. The van der Waals surface area contributed by atoms with E-state index in [2.05, 4.69) is 18.7 Å². The first-order valence-electron chi connectivity index (χ1n) is 6.45. The van der Waals surface area contributed by atoms with Gasteiger partial charge in [-0.15, -0.1) is 0 Å². The Bertz CT molecular complexity index is 299. The van der Waals surface area contributed by atoms with Crippen LogP contribution in [0.2, 0.25) is 0 Å². The van der Waals surface area contributed by atoms with Crippen LogP contribution in [0.1, 0.15) is 40.5 Å². The molecule has 4 heteroatoms. The van der Waals surface area contributed by atoms with Crippen LogP contribution in [0.25, 0.3) is 0 Å². The molecule has 0 aromatic rings. The zero-order valence-corrected chi connectivity index (χ0v) is 11.4. The highest BCUT2D eigenvalue weighted by atomic mass is 16.1. The highest BCUT2D eigenvalue weighted by Crippen LogP contribution is 2.29. The van der Waals surface area contributed by atoms with E-state index in [9.17, 15) is 4.79 Å². The standard InChI is InChI=1S/C13H25N3O/c1-8(2)13(17)11-5-10(6-12(14)15)7-16(11)9(3)4/h8-11H,5-7H2,1-4H3,(H3,14,15)/t10-,11+/m1/s1. The Morgan fingerprint density at radius 1 is 1.41 bits per heavy atom. The van der Waals surface area contributed by atoms with Gasteiger partial charge in [0.1, 0.15) is 0 Å². The average molecular weight is 239 g/mol. The molecule has 1 aliphatic rings. The van der Waals surface area contributed by atoms with E-state index < -0.39 is 0 Å². The van der Waals surface area contributed by atoms with E-state index in [1.54, 1.807) is 0 Å². The fourth-order valence-electron chi connectivity index (χ4n) is 2.65. The van der Waals surface area contributed by atoms with Crippen LogP contribution in [0.5, 0.6) is 0 Å². The van der Waals surface area contributed by atoms with Crippen molar-refractivity contribution in [3.8, 4) is 0 Å². The van der Waals surface area contributed by atoms with Crippen molar-refractivity contribution < 1.29 is 4.79 Å². The van der Waals surface area contributed by atoms with Crippen LogP contribution >= 0.6 is 0 Å². The van der Waals surface area contributed by atoms with Crippen LogP contribution in [-0.2, 0) is 4.79 Å². The molecule has 0 saturated carbocycles. The zero-order chi connectivity index (χ0) is 13.2. The number of Topliss-reactive ketones (excluding diaryl/α,β-unsaturated/α-hetero) is 1. The first-order valence-corrected chi connectivity index (χ1v) is 6.45. The van der Waals surface area contributed by atoms with Crippen molar-refractivity contribution in [1.82, 2.24) is 4.90 Å². The largest absolute Gasteiger partial charge is 0.388 e. The molecule has 0 amide bonds. The number of rotatable bonds is 5. The zero-order valence-electron chi connectivity index (χ0n) is 11.4. The smallest absolute Gasteiger partial charge is 0.152 e. The van der Waals surface area contributed by atoms with Crippen LogP contribution in [0.4, 0.5) is 0 Å². The molecule has 0 radical (unpaired) electrons. The molecule has 0 spiro atoms. The van der Waals surface area contributed by atoms with E-state index in [-0.39, 0.29) is 17.8 Å². The Kier molecular flexibility index (Phi) is 4.69. The Hall–Kier alpha value is -0.900. The van der Waals surface area contributed by atoms with Crippen LogP contribution in [-0.4, -0.2) is 35.1 Å². The monoisotopic (exact) mass is 239 g/mol. The third kappa shape index (κ3) is 3.53. The van der Waals surface area contributed by atoms with Crippen molar-refractivity contribution in [2.45, 2.75) is 52.6 Å². The number of hydrogen-bond donors (Lipinski definition) is 2. The lowest BCUT2D eigenvalue weighted by Crippen LogP contribution is -2.42. The minimum atomic E-state index is 0.0272. The van der Waals surface area contributed by atoms with E-state index in [1.807, 2.05) is 13.8 Å². The third-order valence-corrected chi connectivity index (χ3v) is 3.50.